The van der Waals surface area contributed by atoms with Gasteiger partial charge >= 0.3 is 0 Å². The van der Waals surface area contributed by atoms with Crippen LogP contribution in [0.15, 0.2) is 97.2 Å². The minimum absolute atomic E-state index is 0. The van der Waals surface area contributed by atoms with Gasteiger partial charge in [0, 0.05) is 16.7 Å². The number of unbranched alkanes of at least 4 members (excludes halogenated alkanes) is 2. The zero-order valence-corrected chi connectivity index (χ0v) is 22.1. The Bertz CT molecular complexity index is 1190. The Morgan fingerprint density at radius 3 is 2.03 bits per heavy atom. The van der Waals surface area contributed by atoms with Gasteiger partial charge in [0.05, 0.1) is 6.61 Å². The van der Waals surface area contributed by atoms with Gasteiger partial charge in [-0.25, -0.2) is 0 Å². The Morgan fingerprint density at radius 2 is 1.38 bits per heavy atom. The molecule has 0 amide bonds. The number of rotatable bonds is 9. The maximum Gasteiger partial charge on any atom is 0.219 e. The van der Waals surface area contributed by atoms with Crippen LogP contribution in [-0.2, 0) is 7.05 Å². The molecule has 0 aliphatic carbocycles. The predicted molar refractivity (Wildman–Crippen MR) is 139 cm³/mol. The number of aromatic nitrogens is 1. The SMILES string of the molecule is CCCCCOc1ccc(/C=C/c2cc(-c3ccccc3)c[n+](C)c2-c2ccccc2)cc1.[I-]. The van der Waals surface area contributed by atoms with Crippen molar-refractivity contribution in [3.05, 3.63) is 108 Å². The van der Waals surface area contributed by atoms with Gasteiger partial charge in [0.1, 0.15) is 12.8 Å². The number of halogens is 1. The third kappa shape index (κ3) is 6.80. The third-order valence-corrected chi connectivity index (χ3v) is 5.78. The standard InChI is InChI=1S/C31H32NO.HI/c1-3-4-11-22-33-30-20-17-25(18-21-30)16-19-28-23-29(26-12-7-5-8-13-26)24-32(2)31(28)27-14-9-6-10-15-27;/h5-10,12-21,23-24H,3-4,11,22H2,1-2H3;1H/q+1;/p-1/b19-16+;. The molecule has 0 aliphatic heterocycles. The summed E-state index contributed by atoms with van der Waals surface area (Å²) in [6, 6.07) is 31.7. The van der Waals surface area contributed by atoms with E-state index < -0.39 is 0 Å². The van der Waals surface area contributed by atoms with Crippen LogP contribution in [0.1, 0.15) is 37.3 Å². The first-order valence-corrected chi connectivity index (χ1v) is 11.8. The Balaban J connectivity index is 0.00000324. The van der Waals surface area contributed by atoms with Crippen LogP contribution in [0.4, 0.5) is 0 Å². The molecular formula is C31H32INO. The van der Waals surface area contributed by atoms with E-state index in [1.807, 2.05) is 0 Å². The topological polar surface area (TPSA) is 13.1 Å². The van der Waals surface area contributed by atoms with Crippen LogP contribution in [0.5, 0.6) is 5.75 Å². The molecule has 0 bridgehead atoms. The zero-order chi connectivity index (χ0) is 22.9. The Kier molecular flexibility index (Phi) is 9.89. The molecule has 4 aromatic rings. The van der Waals surface area contributed by atoms with Crippen molar-refractivity contribution in [2.75, 3.05) is 6.61 Å². The Labute approximate surface area is 221 Å². The number of ether oxygens (including phenoxy) is 1. The molecule has 34 heavy (non-hydrogen) atoms. The number of hydrogen-bond acceptors (Lipinski definition) is 1. The molecule has 0 fully saturated rings. The van der Waals surface area contributed by atoms with Crippen molar-refractivity contribution < 1.29 is 33.3 Å². The molecule has 1 heterocycles. The number of nitrogens with zero attached hydrogens (tertiary/aromatic N) is 1. The molecule has 0 radical (unpaired) electrons. The van der Waals surface area contributed by atoms with E-state index in [1.54, 1.807) is 0 Å². The van der Waals surface area contributed by atoms with E-state index in [4.69, 9.17) is 4.74 Å². The van der Waals surface area contributed by atoms with Gasteiger partial charge in [-0.2, -0.15) is 4.57 Å². The summed E-state index contributed by atoms with van der Waals surface area (Å²) in [5.41, 5.74) is 7.16. The van der Waals surface area contributed by atoms with E-state index in [1.165, 1.54) is 40.8 Å². The van der Waals surface area contributed by atoms with Gasteiger partial charge in [-0.15, -0.1) is 0 Å². The van der Waals surface area contributed by atoms with Gasteiger partial charge in [-0.05, 0) is 54.0 Å². The summed E-state index contributed by atoms with van der Waals surface area (Å²) in [5.74, 6) is 0.936. The third-order valence-electron chi connectivity index (χ3n) is 5.78. The van der Waals surface area contributed by atoms with Crippen molar-refractivity contribution in [2.45, 2.75) is 26.2 Å². The van der Waals surface area contributed by atoms with Gasteiger partial charge in [0.2, 0.25) is 5.69 Å². The van der Waals surface area contributed by atoms with E-state index >= 15 is 0 Å². The molecule has 0 saturated carbocycles. The summed E-state index contributed by atoms with van der Waals surface area (Å²) >= 11 is 0. The lowest BCUT2D eigenvalue weighted by atomic mass is 9.99. The molecule has 0 unspecified atom stereocenters. The van der Waals surface area contributed by atoms with Gasteiger partial charge in [0.25, 0.3) is 0 Å². The highest BCUT2D eigenvalue weighted by molar-refractivity contribution is 5.80. The van der Waals surface area contributed by atoms with Crippen molar-refractivity contribution >= 4 is 12.2 Å². The van der Waals surface area contributed by atoms with Crippen LogP contribution in [0.25, 0.3) is 34.5 Å². The van der Waals surface area contributed by atoms with Gasteiger partial charge in [-0.3, -0.25) is 0 Å². The average molecular weight is 562 g/mol. The number of benzene rings is 3. The summed E-state index contributed by atoms with van der Waals surface area (Å²) in [5, 5.41) is 0. The molecule has 4 rings (SSSR count). The van der Waals surface area contributed by atoms with Crippen LogP contribution in [0, 0.1) is 0 Å². The molecule has 0 N–H and O–H groups in total. The minimum Gasteiger partial charge on any atom is -1.00 e. The molecular weight excluding hydrogens is 529 g/mol. The quantitative estimate of drug-likeness (QED) is 0.166. The molecule has 3 aromatic carbocycles. The first-order chi connectivity index (χ1) is 16.2. The van der Waals surface area contributed by atoms with Gasteiger partial charge in [0.15, 0.2) is 6.20 Å². The summed E-state index contributed by atoms with van der Waals surface area (Å²) in [6.45, 7) is 2.99. The predicted octanol–water partition coefficient (Wildman–Crippen LogP) is 4.59. The van der Waals surface area contributed by atoms with E-state index in [-0.39, 0.29) is 24.0 Å². The van der Waals surface area contributed by atoms with Crippen LogP contribution >= 0.6 is 0 Å². The highest BCUT2D eigenvalue weighted by Crippen LogP contribution is 2.27. The molecule has 174 valence electrons. The highest BCUT2D eigenvalue weighted by Gasteiger charge is 2.17. The summed E-state index contributed by atoms with van der Waals surface area (Å²) < 4.78 is 8.08. The molecule has 0 aliphatic rings. The fourth-order valence-electron chi connectivity index (χ4n) is 4.04. The minimum atomic E-state index is 0. The Hall–Kier alpha value is -2.92. The fraction of sp³-hybridized carbons (Fsp3) is 0.194. The van der Waals surface area contributed by atoms with Crippen molar-refractivity contribution in [1.29, 1.82) is 0 Å². The molecule has 0 saturated heterocycles. The van der Waals surface area contributed by atoms with Gasteiger partial charge < -0.3 is 28.7 Å². The maximum atomic E-state index is 5.86. The van der Waals surface area contributed by atoms with E-state index in [0.717, 1.165) is 24.3 Å². The lowest BCUT2D eigenvalue weighted by Gasteiger charge is -2.09. The molecule has 1 aromatic heterocycles. The maximum absolute atomic E-state index is 5.86. The van der Waals surface area contributed by atoms with Crippen LogP contribution in [-0.4, -0.2) is 6.61 Å². The first kappa shape index (κ1) is 25.7. The summed E-state index contributed by atoms with van der Waals surface area (Å²) in [7, 11) is 2.12. The van der Waals surface area contributed by atoms with Crippen molar-refractivity contribution in [1.82, 2.24) is 0 Å². The van der Waals surface area contributed by atoms with E-state index in [9.17, 15) is 0 Å². The van der Waals surface area contributed by atoms with Gasteiger partial charge in [-0.1, -0.05) is 86.5 Å². The molecule has 0 spiro atoms. The zero-order valence-electron chi connectivity index (χ0n) is 20.0. The number of hydrogen-bond donors (Lipinski definition) is 0. The second kappa shape index (κ2) is 13.1. The van der Waals surface area contributed by atoms with E-state index in [2.05, 4.69) is 128 Å². The molecule has 3 heteroatoms. The van der Waals surface area contributed by atoms with Crippen LogP contribution in [0.3, 0.4) is 0 Å². The second-order valence-electron chi connectivity index (χ2n) is 8.33. The van der Waals surface area contributed by atoms with Crippen molar-refractivity contribution in [2.24, 2.45) is 7.05 Å². The van der Waals surface area contributed by atoms with Crippen LogP contribution in [0.2, 0.25) is 0 Å². The van der Waals surface area contributed by atoms with Crippen molar-refractivity contribution in [3.63, 3.8) is 0 Å². The lowest BCUT2D eigenvalue weighted by molar-refractivity contribution is -0.660. The fourth-order valence-corrected chi connectivity index (χ4v) is 4.04. The molecule has 2 nitrogen and oxygen atoms in total. The first-order valence-electron chi connectivity index (χ1n) is 11.8. The highest BCUT2D eigenvalue weighted by atomic mass is 127. The average Bonchev–Trinajstić information content (AvgIpc) is 2.87. The number of aryl methyl sites for hydroxylation is 1. The van der Waals surface area contributed by atoms with Crippen LogP contribution < -0.4 is 33.3 Å². The largest absolute Gasteiger partial charge is 1.00 e. The normalized spacial score (nSPS) is 10.8. The summed E-state index contributed by atoms with van der Waals surface area (Å²) in [4.78, 5) is 0. The Morgan fingerprint density at radius 1 is 0.735 bits per heavy atom. The lowest BCUT2D eigenvalue weighted by Crippen LogP contribution is -3.00. The number of pyridine rings is 1. The monoisotopic (exact) mass is 561 g/mol. The smallest absolute Gasteiger partial charge is 0.219 e. The van der Waals surface area contributed by atoms with Crippen molar-refractivity contribution in [3.8, 4) is 28.1 Å². The van der Waals surface area contributed by atoms with E-state index in [0.29, 0.717) is 0 Å². The second-order valence-corrected chi connectivity index (χ2v) is 8.33. The summed E-state index contributed by atoms with van der Waals surface area (Å²) in [6.07, 6.45) is 10.1. The molecule has 0 atom stereocenters.